The van der Waals surface area contributed by atoms with E-state index in [-0.39, 0.29) is 23.4 Å². The number of rotatable bonds is 8. The average Bonchev–Trinajstić information content (AvgIpc) is 2.66. The summed E-state index contributed by atoms with van der Waals surface area (Å²) in [6, 6.07) is 5.70. The van der Waals surface area contributed by atoms with Crippen molar-refractivity contribution in [1.82, 2.24) is 10.3 Å². The Bertz CT molecular complexity index is 787. The van der Waals surface area contributed by atoms with Crippen molar-refractivity contribution in [1.29, 1.82) is 0 Å². The van der Waals surface area contributed by atoms with Gasteiger partial charge in [0.05, 0.1) is 17.4 Å². The maximum atomic E-state index is 13.2. The Balaban J connectivity index is 2.29. The van der Waals surface area contributed by atoms with Crippen molar-refractivity contribution in [3.05, 3.63) is 53.2 Å². The highest BCUT2D eigenvalue weighted by Crippen LogP contribution is 2.34. The minimum atomic E-state index is -4.76. The van der Waals surface area contributed by atoms with Gasteiger partial charge < -0.3 is 10.4 Å². The highest BCUT2D eigenvalue weighted by atomic mass is 19.4. The second-order valence-electron chi connectivity index (χ2n) is 6.67. The number of hydrogen-bond acceptors (Lipinski definition) is 3. The lowest BCUT2D eigenvalue weighted by molar-refractivity contribution is -0.141. The van der Waals surface area contributed by atoms with Gasteiger partial charge in [-0.2, -0.15) is 26.3 Å². The van der Waals surface area contributed by atoms with Crippen LogP contribution in [0.4, 0.5) is 26.3 Å². The molecule has 2 rings (SSSR count). The largest absolute Gasteiger partial charge is 0.433 e. The smallest absolute Gasteiger partial charge is 0.387 e. The van der Waals surface area contributed by atoms with Crippen molar-refractivity contribution in [3.63, 3.8) is 0 Å². The Morgan fingerprint density at radius 3 is 2.17 bits per heavy atom. The van der Waals surface area contributed by atoms with Crippen molar-refractivity contribution < 1.29 is 31.4 Å². The lowest BCUT2D eigenvalue weighted by Gasteiger charge is -2.16. The van der Waals surface area contributed by atoms with Crippen molar-refractivity contribution >= 4 is 0 Å². The highest BCUT2D eigenvalue weighted by Gasteiger charge is 2.34. The number of nitrogens with one attached hydrogen (secondary N) is 1. The zero-order valence-corrected chi connectivity index (χ0v) is 15.7. The molecule has 1 atom stereocenters. The quantitative estimate of drug-likeness (QED) is 0.432. The van der Waals surface area contributed by atoms with Gasteiger partial charge in [0.25, 0.3) is 0 Å². The fourth-order valence-corrected chi connectivity index (χ4v) is 2.72. The van der Waals surface area contributed by atoms with Crippen LogP contribution in [-0.4, -0.2) is 23.2 Å². The average molecular weight is 420 g/mol. The van der Waals surface area contributed by atoms with Crippen molar-refractivity contribution in [2.45, 2.75) is 44.6 Å². The van der Waals surface area contributed by atoms with Crippen LogP contribution in [0, 0.1) is 0 Å². The summed E-state index contributed by atoms with van der Waals surface area (Å²) in [6.45, 7) is 2.71. The fraction of sp³-hybridized carbons (Fsp3) is 0.450. The topological polar surface area (TPSA) is 45.1 Å². The molecule has 0 aliphatic heterocycles. The molecule has 0 radical (unpaired) electrons. The molecule has 2 N–H and O–H groups in total. The molecule has 160 valence electrons. The van der Waals surface area contributed by atoms with Gasteiger partial charge in [-0.3, -0.25) is 0 Å². The van der Waals surface area contributed by atoms with Gasteiger partial charge >= 0.3 is 12.4 Å². The molecule has 0 spiro atoms. The van der Waals surface area contributed by atoms with Crippen LogP contribution in [-0.2, 0) is 12.4 Å². The van der Waals surface area contributed by atoms with Gasteiger partial charge in [0.15, 0.2) is 0 Å². The number of benzene rings is 1. The minimum absolute atomic E-state index is 0.00906. The molecule has 0 aliphatic carbocycles. The number of aromatic nitrogens is 1. The van der Waals surface area contributed by atoms with Crippen LogP contribution in [0.15, 0.2) is 36.4 Å². The Morgan fingerprint density at radius 2 is 1.62 bits per heavy atom. The van der Waals surface area contributed by atoms with Gasteiger partial charge in [0.1, 0.15) is 5.69 Å². The molecule has 0 aliphatic rings. The normalized spacial score (nSPS) is 13.5. The molecule has 0 saturated heterocycles. The monoisotopic (exact) mass is 420 g/mol. The lowest BCUT2D eigenvalue weighted by atomic mass is 10.0. The molecule has 0 amide bonds. The predicted molar refractivity (Wildman–Crippen MR) is 97.0 cm³/mol. The maximum Gasteiger partial charge on any atom is 0.433 e. The van der Waals surface area contributed by atoms with E-state index in [9.17, 15) is 31.4 Å². The van der Waals surface area contributed by atoms with Gasteiger partial charge in [-0.15, -0.1) is 0 Å². The summed E-state index contributed by atoms with van der Waals surface area (Å²) in [5, 5.41) is 13.3. The third-order valence-corrected chi connectivity index (χ3v) is 4.33. The van der Waals surface area contributed by atoms with Gasteiger partial charge in [-0.05, 0) is 42.8 Å². The summed E-state index contributed by atoms with van der Waals surface area (Å²) in [5.74, 6) is 0. The standard InChI is InChI=1S/C20H22F6N2O/c1-2-3-4-9-27-12-17(29)14-10-16(28-18(11-14)20(24,25)26)13-5-7-15(8-6-13)19(21,22)23/h5-8,10-11,17,27,29H,2-4,9,12H2,1H3/t17-/m1/s1. The second-order valence-corrected chi connectivity index (χ2v) is 6.67. The van der Waals surface area contributed by atoms with Crippen LogP contribution in [0.3, 0.4) is 0 Å². The molecule has 2 aromatic rings. The van der Waals surface area contributed by atoms with Gasteiger partial charge in [-0.25, -0.2) is 4.98 Å². The number of nitrogens with zero attached hydrogens (tertiary/aromatic N) is 1. The molecule has 9 heteroatoms. The number of hydrogen-bond donors (Lipinski definition) is 2. The first-order valence-electron chi connectivity index (χ1n) is 9.18. The molecule has 0 unspecified atom stereocenters. The zero-order valence-electron chi connectivity index (χ0n) is 15.7. The van der Waals surface area contributed by atoms with E-state index in [1.165, 1.54) is 6.07 Å². The number of pyridine rings is 1. The van der Waals surface area contributed by atoms with Crippen molar-refractivity contribution in [2.75, 3.05) is 13.1 Å². The van der Waals surface area contributed by atoms with Crippen LogP contribution in [0.5, 0.6) is 0 Å². The number of unbranched alkanes of at least 4 members (excludes halogenated alkanes) is 2. The minimum Gasteiger partial charge on any atom is -0.387 e. The molecule has 3 nitrogen and oxygen atoms in total. The van der Waals surface area contributed by atoms with E-state index in [1.807, 2.05) is 6.92 Å². The zero-order chi connectivity index (χ0) is 21.7. The van der Waals surface area contributed by atoms with E-state index >= 15 is 0 Å². The Labute approximate surface area is 164 Å². The molecule has 1 aromatic carbocycles. The molecule has 0 saturated carbocycles. The fourth-order valence-electron chi connectivity index (χ4n) is 2.72. The third kappa shape index (κ3) is 6.71. The van der Waals surface area contributed by atoms with Crippen LogP contribution >= 0.6 is 0 Å². The lowest BCUT2D eigenvalue weighted by Crippen LogP contribution is -2.23. The number of alkyl halides is 6. The summed E-state index contributed by atoms with van der Waals surface area (Å²) in [7, 11) is 0. The number of halogens is 6. The van der Waals surface area contributed by atoms with Crippen LogP contribution in [0.2, 0.25) is 0 Å². The predicted octanol–water partition coefficient (Wildman–Crippen LogP) is 5.60. The van der Waals surface area contributed by atoms with Crippen LogP contribution < -0.4 is 5.32 Å². The highest BCUT2D eigenvalue weighted by molar-refractivity contribution is 5.61. The SMILES string of the molecule is CCCCCNC[C@@H](O)c1cc(-c2ccc(C(F)(F)F)cc2)nc(C(F)(F)F)c1. The van der Waals surface area contributed by atoms with E-state index in [4.69, 9.17) is 0 Å². The maximum absolute atomic E-state index is 13.2. The van der Waals surface area contributed by atoms with Gasteiger partial charge in [0, 0.05) is 12.1 Å². The Morgan fingerprint density at radius 1 is 0.966 bits per heavy atom. The molecule has 29 heavy (non-hydrogen) atoms. The summed E-state index contributed by atoms with van der Waals surface area (Å²) < 4.78 is 77.8. The molecule has 1 heterocycles. The Kier molecular flexibility index (Phi) is 7.65. The Hall–Kier alpha value is -2.13. The van der Waals surface area contributed by atoms with Crippen molar-refractivity contribution in [2.24, 2.45) is 0 Å². The molecule has 0 fully saturated rings. The first-order chi connectivity index (χ1) is 13.5. The summed E-state index contributed by atoms with van der Waals surface area (Å²) >= 11 is 0. The molecular formula is C20H22F6N2O. The summed E-state index contributed by atoms with van der Waals surface area (Å²) in [6.07, 6.45) is -7.64. The number of aliphatic hydroxyl groups excluding tert-OH is 1. The van der Waals surface area contributed by atoms with E-state index < -0.39 is 29.7 Å². The van der Waals surface area contributed by atoms with Crippen LogP contribution in [0.1, 0.15) is 49.1 Å². The van der Waals surface area contributed by atoms with Gasteiger partial charge in [0.2, 0.25) is 0 Å². The molecule has 0 bridgehead atoms. The first kappa shape index (κ1) is 23.2. The molecule has 1 aromatic heterocycles. The first-order valence-corrected chi connectivity index (χ1v) is 9.18. The van der Waals surface area contributed by atoms with Crippen molar-refractivity contribution in [3.8, 4) is 11.3 Å². The third-order valence-electron chi connectivity index (χ3n) is 4.33. The summed E-state index contributed by atoms with van der Waals surface area (Å²) in [5.41, 5.74) is -2.20. The molecular weight excluding hydrogens is 398 g/mol. The van der Waals surface area contributed by atoms with E-state index in [1.54, 1.807) is 0 Å². The van der Waals surface area contributed by atoms with E-state index in [2.05, 4.69) is 10.3 Å². The van der Waals surface area contributed by atoms with Gasteiger partial charge in [-0.1, -0.05) is 31.9 Å². The van der Waals surface area contributed by atoms with Crippen LogP contribution in [0.25, 0.3) is 11.3 Å². The van der Waals surface area contributed by atoms with E-state index in [0.29, 0.717) is 6.54 Å². The summed E-state index contributed by atoms with van der Waals surface area (Å²) in [4.78, 5) is 3.53. The van der Waals surface area contributed by atoms with E-state index in [0.717, 1.165) is 49.6 Å². The second kappa shape index (κ2) is 9.58. The number of aliphatic hydroxyl groups is 1.